The van der Waals surface area contributed by atoms with Crippen molar-refractivity contribution in [3.63, 3.8) is 0 Å². The van der Waals surface area contributed by atoms with Crippen LogP contribution < -0.4 is 0 Å². The fourth-order valence-corrected chi connectivity index (χ4v) is 1.73. The van der Waals surface area contributed by atoms with Crippen LogP contribution in [0.2, 0.25) is 0 Å². The molecule has 1 unspecified atom stereocenters. The highest BCUT2D eigenvalue weighted by Gasteiger charge is 2.12. The molecule has 2 nitrogen and oxygen atoms in total. The van der Waals surface area contributed by atoms with Crippen molar-refractivity contribution < 1.29 is 9.47 Å². The zero-order chi connectivity index (χ0) is 11.8. The molecule has 1 heterocycles. The lowest BCUT2D eigenvalue weighted by atomic mass is 10.2. The van der Waals surface area contributed by atoms with E-state index in [0.29, 0.717) is 0 Å². The third-order valence-electron chi connectivity index (χ3n) is 2.65. The Bertz CT molecular complexity index is 362. The van der Waals surface area contributed by atoms with Crippen LogP contribution in [0, 0.1) is 0 Å². The van der Waals surface area contributed by atoms with Crippen molar-refractivity contribution in [1.82, 2.24) is 0 Å². The van der Waals surface area contributed by atoms with Crippen LogP contribution in [0.1, 0.15) is 24.8 Å². The molecule has 1 fully saturated rings. The Morgan fingerprint density at radius 3 is 2.76 bits per heavy atom. The lowest BCUT2D eigenvalue weighted by Gasteiger charge is -2.21. The molecule has 90 valence electrons. The van der Waals surface area contributed by atoms with Crippen LogP contribution in [0.15, 0.2) is 48.7 Å². The molecule has 0 saturated carbocycles. The maximum absolute atomic E-state index is 5.47. The summed E-state index contributed by atoms with van der Waals surface area (Å²) in [5.41, 5.74) is 1.19. The van der Waals surface area contributed by atoms with Crippen LogP contribution in [-0.4, -0.2) is 12.9 Å². The second kappa shape index (κ2) is 6.92. The zero-order valence-corrected chi connectivity index (χ0v) is 9.92. The van der Waals surface area contributed by atoms with Gasteiger partial charge in [-0.05, 0) is 24.5 Å². The third-order valence-corrected chi connectivity index (χ3v) is 2.65. The Morgan fingerprint density at radius 2 is 2.00 bits per heavy atom. The minimum atomic E-state index is -0.0508. The molecule has 0 amide bonds. The largest absolute Gasteiger partial charge is 0.473 e. The molecule has 1 aromatic carbocycles. The standard InChI is InChI=1S/C15H18O2/c1-2-8-14(9-3-1)10-4-6-12-16-15-11-5-7-13-17-15/h1-4,6,8-10,12,15H,5,7,11,13H2/b10-4+,12-6+. The molecule has 1 atom stereocenters. The fraction of sp³-hybridized carbons (Fsp3) is 0.333. The van der Waals surface area contributed by atoms with E-state index in [-0.39, 0.29) is 6.29 Å². The van der Waals surface area contributed by atoms with Crippen LogP contribution in [0.5, 0.6) is 0 Å². The molecule has 0 N–H and O–H groups in total. The van der Waals surface area contributed by atoms with E-state index >= 15 is 0 Å². The van der Waals surface area contributed by atoms with Crippen molar-refractivity contribution >= 4 is 6.08 Å². The van der Waals surface area contributed by atoms with E-state index in [1.54, 1.807) is 6.26 Å². The van der Waals surface area contributed by atoms with Crippen molar-refractivity contribution in [3.8, 4) is 0 Å². The molecular weight excluding hydrogens is 212 g/mol. The lowest BCUT2D eigenvalue weighted by molar-refractivity contribution is -0.129. The van der Waals surface area contributed by atoms with Crippen molar-refractivity contribution in [2.45, 2.75) is 25.6 Å². The van der Waals surface area contributed by atoms with Crippen molar-refractivity contribution in [2.75, 3.05) is 6.61 Å². The summed E-state index contributed by atoms with van der Waals surface area (Å²) in [5.74, 6) is 0. The normalized spacial score (nSPS) is 21.1. The average molecular weight is 230 g/mol. The van der Waals surface area contributed by atoms with Crippen molar-refractivity contribution in [1.29, 1.82) is 0 Å². The molecule has 2 rings (SSSR count). The number of hydrogen-bond donors (Lipinski definition) is 0. The van der Waals surface area contributed by atoms with Crippen LogP contribution in [0.4, 0.5) is 0 Å². The van der Waals surface area contributed by atoms with Gasteiger partial charge in [-0.2, -0.15) is 0 Å². The molecule has 1 saturated heterocycles. The molecule has 2 heteroatoms. The van der Waals surface area contributed by atoms with Gasteiger partial charge in [-0.15, -0.1) is 0 Å². The summed E-state index contributed by atoms with van der Waals surface area (Å²) in [7, 11) is 0. The quantitative estimate of drug-likeness (QED) is 0.579. The lowest BCUT2D eigenvalue weighted by Crippen LogP contribution is -2.19. The number of allylic oxidation sites excluding steroid dienone is 2. The van der Waals surface area contributed by atoms with E-state index in [1.807, 2.05) is 36.4 Å². The van der Waals surface area contributed by atoms with Crippen LogP contribution in [0.3, 0.4) is 0 Å². The van der Waals surface area contributed by atoms with Gasteiger partial charge in [0, 0.05) is 6.42 Å². The minimum Gasteiger partial charge on any atom is -0.473 e. The molecule has 1 aliphatic heterocycles. The summed E-state index contributed by atoms with van der Waals surface area (Å²) in [4.78, 5) is 0. The summed E-state index contributed by atoms with van der Waals surface area (Å²) in [6.07, 6.45) is 10.9. The second-order valence-electron chi connectivity index (χ2n) is 4.03. The maximum atomic E-state index is 5.47. The topological polar surface area (TPSA) is 18.5 Å². The van der Waals surface area contributed by atoms with Gasteiger partial charge in [0.1, 0.15) is 0 Å². The molecular formula is C15H18O2. The SMILES string of the molecule is C(/C=C/c1ccccc1)=C\OC1CCCCO1. The molecule has 0 bridgehead atoms. The molecule has 0 spiro atoms. The first-order valence-corrected chi connectivity index (χ1v) is 6.10. The van der Waals surface area contributed by atoms with E-state index in [2.05, 4.69) is 12.1 Å². The first-order valence-electron chi connectivity index (χ1n) is 6.10. The van der Waals surface area contributed by atoms with E-state index in [4.69, 9.17) is 9.47 Å². The van der Waals surface area contributed by atoms with Gasteiger partial charge in [-0.25, -0.2) is 0 Å². The Balaban J connectivity index is 1.72. The van der Waals surface area contributed by atoms with Gasteiger partial charge < -0.3 is 9.47 Å². The van der Waals surface area contributed by atoms with Crippen molar-refractivity contribution in [3.05, 3.63) is 54.3 Å². The summed E-state index contributed by atoms with van der Waals surface area (Å²) >= 11 is 0. The molecule has 0 radical (unpaired) electrons. The number of hydrogen-bond acceptors (Lipinski definition) is 2. The van der Waals surface area contributed by atoms with Crippen LogP contribution >= 0.6 is 0 Å². The minimum absolute atomic E-state index is 0.0508. The molecule has 0 aromatic heterocycles. The first-order chi connectivity index (χ1) is 8.45. The Kier molecular flexibility index (Phi) is 4.86. The van der Waals surface area contributed by atoms with Crippen LogP contribution in [-0.2, 0) is 9.47 Å². The maximum Gasteiger partial charge on any atom is 0.198 e. The zero-order valence-electron chi connectivity index (χ0n) is 9.92. The summed E-state index contributed by atoms with van der Waals surface area (Å²) in [6.45, 7) is 0.818. The average Bonchev–Trinajstić information content (AvgIpc) is 2.41. The molecule has 0 aliphatic carbocycles. The number of rotatable bonds is 4. The highest BCUT2D eigenvalue weighted by atomic mass is 16.7. The Labute approximate surface area is 103 Å². The smallest absolute Gasteiger partial charge is 0.198 e. The molecule has 17 heavy (non-hydrogen) atoms. The number of ether oxygens (including phenoxy) is 2. The Morgan fingerprint density at radius 1 is 1.12 bits per heavy atom. The van der Waals surface area contributed by atoms with Crippen molar-refractivity contribution in [2.24, 2.45) is 0 Å². The highest BCUT2D eigenvalue weighted by molar-refractivity contribution is 5.50. The predicted octanol–water partition coefficient (Wildman–Crippen LogP) is 3.76. The van der Waals surface area contributed by atoms with Gasteiger partial charge in [-0.1, -0.05) is 42.5 Å². The third kappa shape index (κ3) is 4.45. The van der Waals surface area contributed by atoms with E-state index < -0.39 is 0 Å². The summed E-state index contributed by atoms with van der Waals surface area (Å²) in [6, 6.07) is 10.2. The molecule has 1 aromatic rings. The number of benzene rings is 1. The van der Waals surface area contributed by atoms with Gasteiger partial charge in [-0.3, -0.25) is 0 Å². The van der Waals surface area contributed by atoms with Gasteiger partial charge in [0.2, 0.25) is 0 Å². The summed E-state index contributed by atoms with van der Waals surface area (Å²) in [5, 5.41) is 0. The van der Waals surface area contributed by atoms with Gasteiger partial charge in [0.15, 0.2) is 6.29 Å². The van der Waals surface area contributed by atoms with Crippen LogP contribution in [0.25, 0.3) is 6.08 Å². The van der Waals surface area contributed by atoms with E-state index in [9.17, 15) is 0 Å². The highest BCUT2D eigenvalue weighted by Crippen LogP contribution is 2.13. The molecule has 1 aliphatic rings. The predicted molar refractivity (Wildman–Crippen MR) is 69.3 cm³/mol. The van der Waals surface area contributed by atoms with Gasteiger partial charge >= 0.3 is 0 Å². The van der Waals surface area contributed by atoms with E-state index in [1.165, 1.54) is 12.0 Å². The Hall–Kier alpha value is -1.54. The summed E-state index contributed by atoms with van der Waals surface area (Å²) < 4.78 is 10.9. The van der Waals surface area contributed by atoms with Gasteiger partial charge in [0.05, 0.1) is 12.9 Å². The van der Waals surface area contributed by atoms with E-state index in [0.717, 1.165) is 19.4 Å². The first kappa shape index (κ1) is 11.9. The second-order valence-corrected chi connectivity index (χ2v) is 4.03. The fourth-order valence-electron chi connectivity index (χ4n) is 1.73. The monoisotopic (exact) mass is 230 g/mol. The van der Waals surface area contributed by atoms with Gasteiger partial charge in [0.25, 0.3) is 0 Å².